The lowest BCUT2D eigenvalue weighted by Crippen LogP contribution is -2.48. The van der Waals surface area contributed by atoms with Gasteiger partial charge in [0, 0.05) is 25.1 Å². The van der Waals surface area contributed by atoms with Crippen LogP contribution in [0.25, 0.3) is 0 Å². The van der Waals surface area contributed by atoms with E-state index in [0.717, 1.165) is 43.4 Å². The molecule has 0 aromatic heterocycles. The normalized spacial score (nSPS) is 21.1. The van der Waals surface area contributed by atoms with Crippen LogP contribution in [0.1, 0.15) is 69.8 Å². The summed E-state index contributed by atoms with van der Waals surface area (Å²) in [5, 5.41) is 5.78. The van der Waals surface area contributed by atoms with Crippen molar-refractivity contribution in [1.82, 2.24) is 15.5 Å². The average Bonchev–Trinajstić information content (AvgIpc) is 3.34. The molecule has 7 heteroatoms. The number of hydrogen-bond acceptors (Lipinski definition) is 4. The van der Waals surface area contributed by atoms with Crippen LogP contribution in [0, 0.1) is 0 Å². The fourth-order valence-corrected chi connectivity index (χ4v) is 4.82. The van der Waals surface area contributed by atoms with Crippen LogP contribution in [0.2, 0.25) is 0 Å². The van der Waals surface area contributed by atoms with Crippen molar-refractivity contribution in [1.29, 1.82) is 0 Å². The number of carbonyl (C=O) groups excluding carboxylic acids is 3. The number of para-hydroxylation sites is 1. The number of urea groups is 1. The molecule has 1 spiro atoms. The van der Waals surface area contributed by atoms with Gasteiger partial charge in [-0.15, -0.1) is 0 Å². The number of amides is 4. The SMILES string of the molecule is O=C(CCN1C(=O)NC2(CCCCC2)C1=O)NCc1ccccc1OC1CCCC1. The summed E-state index contributed by atoms with van der Waals surface area (Å²) < 4.78 is 6.11. The Bertz CT molecular complexity index is 797. The van der Waals surface area contributed by atoms with Crippen LogP contribution >= 0.6 is 0 Å². The van der Waals surface area contributed by atoms with Gasteiger partial charge in [-0.05, 0) is 44.6 Å². The molecule has 30 heavy (non-hydrogen) atoms. The summed E-state index contributed by atoms with van der Waals surface area (Å²) in [6.07, 6.45) is 9.29. The Morgan fingerprint density at radius 1 is 1.10 bits per heavy atom. The van der Waals surface area contributed by atoms with Gasteiger partial charge in [0.05, 0.1) is 6.10 Å². The molecule has 162 valence electrons. The molecule has 0 radical (unpaired) electrons. The number of rotatable bonds is 7. The Labute approximate surface area is 177 Å². The van der Waals surface area contributed by atoms with Gasteiger partial charge in [0.15, 0.2) is 0 Å². The first-order valence-electron chi connectivity index (χ1n) is 11.2. The lowest BCUT2D eigenvalue weighted by atomic mass is 9.82. The predicted octanol–water partition coefficient (Wildman–Crippen LogP) is 3.27. The van der Waals surface area contributed by atoms with Crippen LogP contribution in [0.4, 0.5) is 4.79 Å². The molecular weight excluding hydrogens is 382 g/mol. The molecule has 1 aromatic rings. The predicted molar refractivity (Wildman–Crippen MR) is 112 cm³/mol. The average molecular weight is 414 g/mol. The van der Waals surface area contributed by atoms with E-state index in [-0.39, 0.29) is 36.9 Å². The molecule has 2 N–H and O–H groups in total. The van der Waals surface area contributed by atoms with E-state index in [4.69, 9.17) is 4.74 Å². The number of benzene rings is 1. The second-order valence-corrected chi connectivity index (χ2v) is 8.69. The number of hydrogen-bond donors (Lipinski definition) is 2. The van der Waals surface area contributed by atoms with Gasteiger partial charge in [-0.2, -0.15) is 0 Å². The molecule has 1 aliphatic heterocycles. The highest BCUT2D eigenvalue weighted by atomic mass is 16.5. The van der Waals surface area contributed by atoms with Crippen molar-refractivity contribution in [3.05, 3.63) is 29.8 Å². The Morgan fingerprint density at radius 3 is 2.60 bits per heavy atom. The van der Waals surface area contributed by atoms with Gasteiger partial charge in [0.1, 0.15) is 11.3 Å². The lowest BCUT2D eigenvalue weighted by Gasteiger charge is -2.30. The number of imide groups is 1. The quantitative estimate of drug-likeness (QED) is 0.672. The summed E-state index contributed by atoms with van der Waals surface area (Å²) in [4.78, 5) is 38.7. The molecule has 1 aromatic carbocycles. The lowest BCUT2D eigenvalue weighted by molar-refractivity contribution is -0.132. The van der Waals surface area contributed by atoms with Crippen LogP contribution in [-0.2, 0) is 16.1 Å². The largest absolute Gasteiger partial charge is 0.490 e. The topological polar surface area (TPSA) is 87.7 Å². The van der Waals surface area contributed by atoms with Gasteiger partial charge in [0.25, 0.3) is 5.91 Å². The molecule has 3 aliphatic rings. The molecule has 4 amide bonds. The maximum atomic E-state index is 12.8. The van der Waals surface area contributed by atoms with Gasteiger partial charge in [0.2, 0.25) is 5.91 Å². The Hall–Kier alpha value is -2.57. The minimum Gasteiger partial charge on any atom is -0.490 e. The Kier molecular flexibility index (Phi) is 6.25. The maximum absolute atomic E-state index is 12.8. The van der Waals surface area contributed by atoms with Crippen LogP contribution in [0.5, 0.6) is 5.75 Å². The third-order valence-electron chi connectivity index (χ3n) is 6.56. The first-order chi connectivity index (χ1) is 14.6. The summed E-state index contributed by atoms with van der Waals surface area (Å²) >= 11 is 0. The van der Waals surface area contributed by atoms with Crippen LogP contribution in [-0.4, -0.2) is 40.9 Å². The summed E-state index contributed by atoms with van der Waals surface area (Å²) in [7, 11) is 0. The van der Waals surface area contributed by atoms with Crippen molar-refractivity contribution < 1.29 is 19.1 Å². The van der Waals surface area contributed by atoms with Gasteiger partial charge >= 0.3 is 6.03 Å². The molecule has 0 unspecified atom stereocenters. The first kappa shape index (κ1) is 20.7. The number of carbonyl (C=O) groups is 3. The van der Waals surface area contributed by atoms with Crippen LogP contribution < -0.4 is 15.4 Å². The molecule has 1 heterocycles. The van der Waals surface area contributed by atoms with Gasteiger partial charge in [-0.25, -0.2) is 4.79 Å². The summed E-state index contributed by atoms with van der Waals surface area (Å²) in [5.74, 6) is 0.462. The molecular formula is C23H31N3O4. The smallest absolute Gasteiger partial charge is 0.325 e. The van der Waals surface area contributed by atoms with E-state index in [2.05, 4.69) is 10.6 Å². The van der Waals surface area contributed by atoms with E-state index in [1.807, 2.05) is 24.3 Å². The molecule has 0 bridgehead atoms. The van der Waals surface area contributed by atoms with E-state index in [0.29, 0.717) is 19.4 Å². The molecule has 4 rings (SSSR count). The van der Waals surface area contributed by atoms with Crippen molar-refractivity contribution in [3.63, 3.8) is 0 Å². The summed E-state index contributed by atoms with van der Waals surface area (Å²) in [6.45, 7) is 0.476. The highest BCUT2D eigenvalue weighted by Gasteiger charge is 2.51. The second kappa shape index (κ2) is 9.06. The highest BCUT2D eigenvalue weighted by Crippen LogP contribution is 2.33. The Balaban J connectivity index is 1.27. The second-order valence-electron chi connectivity index (χ2n) is 8.69. The fraction of sp³-hybridized carbons (Fsp3) is 0.609. The van der Waals surface area contributed by atoms with Crippen molar-refractivity contribution in [2.24, 2.45) is 0 Å². The number of nitrogens with one attached hydrogen (secondary N) is 2. The minimum atomic E-state index is -0.734. The molecule has 1 saturated heterocycles. The van der Waals surface area contributed by atoms with Crippen LogP contribution in [0.15, 0.2) is 24.3 Å². The van der Waals surface area contributed by atoms with E-state index in [1.165, 1.54) is 17.7 Å². The van der Waals surface area contributed by atoms with E-state index >= 15 is 0 Å². The van der Waals surface area contributed by atoms with Crippen molar-refractivity contribution in [2.45, 2.75) is 82.4 Å². The number of nitrogens with zero attached hydrogens (tertiary/aromatic N) is 1. The Morgan fingerprint density at radius 2 is 1.83 bits per heavy atom. The zero-order valence-corrected chi connectivity index (χ0v) is 17.5. The van der Waals surface area contributed by atoms with Gasteiger partial charge < -0.3 is 15.4 Å². The highest BCUT2D eigenvalue weighted by molar-refractivity contribution is 6.07. The zero-order chi connectivity index (χ0) is 21.0. The van der Waals surface area contributed by atoms with Gasteiger partial charge in [-0.1, -0.05) is 37.5 Å². The first-order valence-corrected chi connectivity index (χ1v) is 11.2. The summed E-state index contributed by atoms with van der Waals surface area (Å²) in [6, 6.07) is 7.39. The van der Waals surface area contributed by atoms with E-state index in [9.17, 15) is 14.4 Å². The third kappa shape index (κ3) is 4.45. The molecule has 2 aliphatic carbocycles. The number of ether oxygens (including phenoxy) is 1. The molecule has 2 saturated carbocycles. The molecule has 0 atom stereocenters. The van der Waals surface area contributed by atoms with E-state index in [1.54, 1.807) is 0 Å². The van der Waals surface area contributed by atoms with E-state index < -0.39 is 5.54 Å². The molecule has 3 fully saturated rings. The maximum Gasteiger partial charge on any atom is 0.325 e. The summed E-state index contributed by atoms with van der Waals surface area (Å²) in [5.41, 5.74) is 0.205. The molecule has 7 nitrogen and oxygen atoms in total. The monoisotopic (exact) mass is 413 g/mol. The standard InChI is InChI=1S/C23H31N3O4/c27-20(12-15-26-21(28)23(25-22(26)29)13-6-1-7-14-23)24-16-17-8-2-5-11-19(17)30-18-9-3-4-10-18/h2,5,8,11,18H,1,3-4,6-7,9-10,12-16H2,(H,24,27)(H,25,29). The van der Waals surface area contributed by atoms with Crippen molar-refractivity contribution in [2.75, 3.05) is 6.54 Å². The third-order valence-corrected chi connectivity index (χ3v) is 6.56. The fourth-order valence-electron chi connectivity index (χ4n) is 4.82. The zero-order valence-electron chi connectivity index (χ0n) is 17.5. The van der Waals surface area contributed by atoms with Crippen molar-refractivity contribution >= 4 is 17.8 Å². The van der Waals surface area contributed by atoms with Crippen LogP contribution in [0.3, 0.4) is 0 Å². The van der Waals surface area contributed by atoms with Gasteiger partial charge in [-0.3, -0.25) is 14.5 Å². The van der Waals surface area contributed by atoms with Crippen molar-refractivity contribution in [3.8, 4) is 5.75 Å². The minimum absolute atomic E-state index is 0.0981.